The average molecular weight is 388 g/mol. The predicted octanol–water partition coefficient (Wildman–Crippen LogP) is 2.66. The Bertz CT molecular complexity index is 715. The maximum atomic E-state index is 10.6. The highest BCUT2D eigenvalue weighted by molar-refractivity contribution is 5.87. The van der Waals surface area contributed by atoms with Gasteiger partial charge in [-0.25, -0.2) is 0 Å². The lowest BCUT2D eigenvalue weighted by molar-refractivity contribution is 0.110. The number of rotatable bonds is 8. The SMILES string of the molecule is COc1cc(C=O)c(OC)cc1C=O.COc1cc(C=O)c(OC)cc1C=O. The first-order chi connectivity index (χ1) is 13.5. The quantitative estimate of drug-likeness (QED) is 0.636. The van der Waals surface area contributed by atoms with Crippen molar-refractivity contribution in [3.05, 3.63) is 46.5 Å². The van der Waals surface area contributed by atoms with Crippen LogP contribution in [0.1, 0.15) is 41.4 Å². The maximum absolute atomic E-state index is 10.6. The van der Waals surface area contributed by atoms with Crippen LogP contribution >= 0.6 is 0 Å². The van der Waals surface area contributed by atoms with E-state index < -0.39 is 0 Å². The first kappa shape index (κ1) is 22.4. The Morgan fingerprint density at radius 3 is 0.750 bits per heavy atom. The highest BCUT2D eigenvalue weighted by Gasteiger charge is 2.10. The lowest BCUT2D eigenvalue weighted by Gasteiger charge is -2.08. The van der Waals surface area contributed by atoms with Crippen LogP contribution in [-0.2, 0) is 0 Å². The Balaban J connectivity index is 0.000000280. The van der Waals surface area contributed by atoms with Crippen LogP contribution in [0.4, 0.5) is 0 Å². The number of ether oxygens (including phenoxy) is 4. The van der Waals surface area contributed by atoms with Crippen LogP contribution in [0, 0.1) is 0 Å². The number of carbonyl (C=O) groups is 4. The standard InChI is InChI=1S/2C10H10O4/c2*1-13-9-3-8(6-12)10(14-2)4-7(9)5-11/h2*3-6H,1-2H3. The summed E-state index contributed by atoms with van der Waals surface area (Å²) < 4.78 is 19.7. The van der Waals surface area contributed by atoms with Crippen molar-refractivity contribution in [2.24, 2.45) is 0 Å². The van der Waals surface area contributed by atoms with Crippen molar-refractivity contribution in [2.75, 3.05) is 28.4 Å². The van der Waals surface area contributed by atoms with Gasteiger partial charge in [0.05, 0.1) is 50.7 Å². The highest BCUT2D eigenvalue weighted by Crippen LogP contribution is 2.27. The Morgan fingerprint density at radius 2 is 0.643 bits per heavy atom. The Kier molecular flexibility index (Phi) is 8.88. The second kappa shape index (κ2) is 11.1. The van der Waals surface area contributed by atoms with E-state index >= 15 is 0 Å². The Labute approximate surface area is 162 Å². The van der Waals surface area contributed by atoms with Crippen molar-refractivity contribution in [1.82, 2.24) is 0 Å². The summed E-state index contributed by atoms with van der Waals surface area (Å²) in [6.45, 7) is 0. The van der Waals surface area contributed by atoms with Gasteiger partial charge in [0.25, 0.3) is 0 Å². The average Bonchev–Trinajstić information content (AvgIpc) is 2.77. The van der Waals surface area contributed by atoms with Crippen molar-refractivity contribution in [3.8, 4) is 23.0 Å². The first-order valence-electron chi connectivity index (χ1n) is 7.86. The molecule has 0 aliphatic heterocycles. The molecule has 0 aromatic heterocycles. The predicted molar refractivity (Wildman–Crippen MR) is 101 cm³/mol. The molecule has 148 valence electrons. The largest absolute Gasteiger partial charge is 0.496 e. The Morgan fingerprint density at radius 1 is 0.464 bits per heavy atom. The molecule has 8 heteroatoms. The molecule has 0 saturated carbocycles. The van der Waals surface area contributed by atoms with E-state index in [-0.39, 0.29) is 0 Å². The second-order valence-corrected chi connectivity index (χ2v) is 5.14. The zero-order chi connectivity index (χ0) is 21.1. The van der Waals surface area contributed by atoms with Gasteiger partial charge in [0.2, 0.25) is 0 Å². The summed E-state index contributed by atoms with van der Waals surface area (Å²) in [5, 5.41) is 0. The molecule has 2 aromatic rings. The molecule has 2 rings (SSSR count). The molecule has 0 radical (unpaired) electrons. The molecular formula is C20H20O8. The zero-order valence-corrected chi connectivity index (χ0v) is 15.9. The van der Waals surface area contributed by atoms with Crippen molar-refractivity contribution in [3.63, 3.8) is 0 Å². The van der Waals surface area contributed by atoms with Crippen LogP contribution in [0.3, 0.4) is 0 Å². The van der Waals surface area contributed by atoms with Gasteiger partial charge >= 0.3 is 0 Å². The number of hydrogen-bond acceptors (Lipinski definition) is 8. The number of aldehydes is 4. The van der Waals surface area contributed by atoms with Crippen molar-refractivity contribution >= 4 is 25.1 Å². The molecule has 0 spiro atoms. The first-order valence-corrected chi connectivity index (χ1v) is 7.86. The van der Waals surface area contributed by atoms with Gasteiger partial charge in [-0.2, -0.15) is 0 Å². The van der Waals surface area contributed by atoms with Crippen molar-refractivity contribution in [1.29, 1.82) is 0 Å². The minimum Gasteiger partial charge on any atom is -0.496 e. The molecule has 0 unspecified atom stereocenters. The molecule has 28 heavy (non-hydrogen) atoms. The molecule has 0 saturated heterocycles. The zero-order valence-electron chi connectivity index (χ0n) is 15.9. The molecule has 0 aliphatic carbocycles. The topological polar surface area (TPSA) is 105 Å². The summed E-state index contributed by atoms with van der Waals surface area (Å²) in [6, 6.07) is 5.87. The van der Waals surface area contributed by atoms with Gasteiger partial charge in [-0.1, -0.05) is 0 Å². The fourth-order valence-electron chi connectivity index (χ4n) is 2.26. The summed E-state index contributed by atoms with van der Waals surface area (Å²) in [5.74, 6) is 1.46. The minimum atomic E-state index is 0.356. The van der Waals surface area contributed by atoms with Gasteiger partial charge in [-0.05, 0) is 24.3 Å². The summed E-state index contributed by atoms with van der Waals surface area (Å²) in [5.41, 5.74) is 1.43. The molecule has 0 amide bonds. The number of benzene rings is 2. The van der Waals surface area contributed by atoms with Crippen molar-refractivity contribution < 1.29 is 38.1 Å². The molecule has 0 aliphatic rings. The van der Waals surface area contributed by atoms with Gasteiger partial charge < -0.3 is 18.9 Å². The lowest BCUT2D eigenvalue weighted by atomic mass is 10.1. The fourth-order valence-corrected chi connectivity index (χ4v) is 2.26. The third-order valence-corrected chi connectivity index (χ3v) is 3.67. The second-order valence-electron chi connectivity index (χ2n) is 5.14. The normalized spacial score (nSPS) is 9.29. The number of hydrogen-bond donors (Lipinski definition) is 0. The maximum Gasteiger partial charge on any atom is 0.153 e. The van der Waals surface area contributed by atoms with E-state index in [1.807, 2.05) is 0 Å². The third kappa shape index (κ3) is 5.16. The van der Waals surface area contributed by atoms with Gasteiger partial charge in [0.15, 0.2) is 25.1 Å². The van der Waals surface area contributed by atoms with Crippen LogP contribution in [0.25, 0.3) is 0 Å². The third-order valence-electron chi connectivity index (χ3n) is 3.67. The van der Waals surface area contributed by atoms with E-state index in [9.17, 15) is 19.2 Å². The summed E-state index contributed by atoms with van der Waals surface area (Å²) in [4.78, 5) is 42.5. The summed E-state index contributed by atoms with van der Waals surface area (Å²) in [6.07, 6.45) is 2.59. The van der Waals surface area contributed by atoms with E-state index in [0.717, 1.165) is 0 Å². The van der Waals surface area contributed by atoms with Crippen LogP contribution < -0.4 is 18.9 Å². The van der Waals surface area contributed by atoms with Gasteiger partial charge in [0, 0.05) is 0 Å². The summed E-state index contributed by atoms with van der Waals surface area (Å²) in [7, 11) is 5.74. The monoisotopic (exact) mass is 388 g/mol. The highest BCUT2D eigenvalue weighted by atomic mass is 16.5. The minimum absolute atomic E-state index is 0.356. The molecule has 0 atom stereocenters. The van der Waals surface area contributed by atoms with Crippen molar-refractivity contribution in [2.45, 2.75) is 0 Å². The van der Waals surface area contributed by atoms with E-state index in [0.29, 0.717) is 70.4 Å². The lowest BCUT2D eigenvalue weighted by Crippen LogP contribution is -1.96. The van der Waals surface area contributed by atoms with Crippen LogP contribution in [-0.4, -0.2) is 53.6 Å². The van der Waals surface area contributed by atoms with E-state index in [2.05, 4.69) is 0 Å². The van der Waals surface area contributed by atoms with E-state index in [1.165, 1.54) is 52.7 Å². The molecule has 8 nitrogen and oxygen atoms in total. The summed E-state index contributed by atoms with van der Waals surface area (Å²) >= 11 is 0. The molecule has 0 heterocycles. The molecular weight excluding hydrogens is 368 g/mol. The van der Waals surface area contributed by atoms with Gasteiger partial charge in [0.1, 0.15) is 23.0 Å². The van der Waals surface area contributed by atoms with Crippen LogP contribution in [0.2, 0.25) is 0 Å². The molecule has 2 aromatic carbocycles. The molecule has 0 bridgehead atoms. The number of carbonyl (C=O) groups excluding carboxylic acids is 4. The smallest absolute Gasteiger partial charge is 0.153 e. The molecule has 0 N–H and O–H groups in total. The van der Waals surface area contributed by atoms with E-state index in [1.54, 1.807) is 0 Å². The van der Waals surface area contributed by atoms with Crippen LogP contribution in [0.5, 0.6) is 23.0 Å². The fraction of sp³-hybridized carbons (Fsp3) is 0.200. The van der Waals surface area contributed by atoms with Gasteiger partial charge in [-0.3, -0.25) is 19.2 Å². The number of methoxy groups -OCH3 is 4. The van der Waals surface area contributed by atoms with Crippen LogP contribution in [0.15, 0.2) is 24.3 Å². The van der Waals surface area contributed by atoms with Gasteiger partial charge in [-0.15, -0.1) is 0 Å². The van der Waals surface area contributed by atoms with E-state index in [4.69, 9.17) is 18.9 Å². The molecule has 0 fully saturated rings. The Hall–Kier alpha value is -3.68.